The van der Waals surface area contributed by atoms with E-state index in [1.807, 2.05) is 0 Å². The highest BCUT2D eigenvalue weighted by Gasteiger charge is 2.38. The summed E-state index contributed by atoms with van der Waals surface area (Å²) in [6.07, 6.45) is -5.67. The van der Waals surface area contributed by atoms with Crippen LogP contribution in [0.1, 0.15) is 27.2 Å². The first-order valence-electron chi connectivity index (χ1n) is 6.50. The molecule has 0 unspecified atom stereocenters. The van der Waals surface area contributed by atoms with Crippen LogP contribution in [0.2, 0.25) is 0 Å². The highest BCUT2D eigenvalue weighted by Crippen LogP contribution is 2.13. The van der Waals surface area contributed by atoms with Gasteiger partial charge in [-0.05, 0) is 20.8 Å². The van der Waals surface area contributed by atoms with E-state index in [2.05, 4.69) is 10.6 Å². The van der Waals surface area contributed by atoms with Gasteiger partial charge in [-0.2, -0.15) is 13.2 Å². The SMILES string of the molecule is CC(C)(C)OC(=O)NCCC(=O)NCCNC(=O)C(F)(F)F. The van der Waals surface area contributed by atoms with Crippen LogP contribution in [-0.4, -0.2) is 49.3 Å². The average Bonchev–Trinajstić information content (AvgIpc) is 2.30. The smallest absolute Gasteiger partial charge is 0.444 e. The number of alkyl halides is 3. The van der Waals surface area contributed by atoms with Crippen LogP contribution in [0, 0.1) is 0 Å². The van der Waals surface area contributed by atoms with Crippen LogP contribution < -0.4 is 16.0 Å². The second-order valence-corrected chi connectivity index (χ2v) is 5.28. The first-order valence-corrected chi connectivity index (χ1v) is 6.50. The fourth-order valence-corrected chi connectivity index (χ4v) is 1.16. The van der Waals surface area contributed by atoms with Crippen LogP contribution in [0.3, 0.4) is 0 Å². The van der Waals surface area contributed by atoms with Crippen LogP contribution in [0.25, 0.3) is 0 Å². The summed E-state index contributed by atoms with van der Waals surface area (Å²) in [4.78, 5) is 33.0. The maximum atomic E-state index is 11.8. The van der Waals surface area contributed by atoms with Crippen molar-refractivity contribution in [3.05, 3.63) is 0 Å². The van der Waals surface area contributed by atoms with Gasteiger partial charge in [-0.3, -0.25) is 9.59 Å². The van der Waals surface area contributed by atoms with E-state index in [4.69, 9.17) is 4.74 Å². The second-order valence-electron chi connectivity index (χ2n) is 5.28. The van der Waals surface area contributed by atoms with Crippen molar-refractivity contribution in [1.29, 1.82) is 0 Å². The summed E-state index contributed by atoms with van der Waals surface area (Å²) in [6, 6.07) is 0. The number of rotatable bonds is 6. The molecule has 0 aliphatic heterocycles. The lowest BCUT2D eigenvalue weighted by Crippen LogP contribution is -2.41. The van der Waals surface area contributed by atoms with Gasteiger partial charge in [-0.25, -0.2) is 4.79 Å². The first kappa shape index (κ1) is 20.0. The Labute approximate surface area is 125 Å². The molecule has 0 aromatic rings. The molecule has 0 atom stereocenters. The molecular formula is C12H20F3N3O4. The number of ether oxygens (including phenoxy) is 1. The fraction of sp³-hybridized carbons (Fsp3) is 0.750. The van der Waals surface area contributed by atoms with Crippen LogP contribution in [0.5, 0.6) is 0 Å². The Morgan fingerprint density at radius 1 is 0.909 bits per heavy atom. The van der Waals surface area contributed by atoms with Crippen molar-refractivity contribution < 1.29 is 32.3 Å². The molecule has 0 fully saturated rings. The molecular weight excluding hydrogens is 307 g/mol. The van der Waals surface area contributed by atoms with Crippen molar-refractivity contribution in [2.45, 2.75) is 39.0 Å². The lowest BCUT2D eigenvalue weighted by Gasteiger charge is -2.19. The van der Waals surface area contributed by atoms with Gasteiger partial charge in [0.05, 0.1) is 0 Å². The molecule has 0 heterocycles. The minimum absolute atomic E-state index is 0.0235. The Hall–Kier alpha value is -2.00. The fourth-order valence-electron chi connectivity index (χ4n) is 1.16. The molecule has 0 radical (unpaired) electrons. The maximum Gasteiger partial charge on any atom is 0.471 e. The molecule has 0 rings (SSSR count). The molecule has 0 saturated heterocycles. The summed E-state index contributed by atoms with van der Waals surface area (Å²) in [5, 5.41) is 6.27. The van der Waals surface area contributed by atoms with Gasteiger partial charge in [0.25, 0.3) is 0 Å². The zero-order valence-electron chi connectivity index (χ0n) is 12.6. The summed E-state index contributed by atoms with van der Waals surface area (Å²) >= 11 is 0. The zero-order chi connectivity index (χ0) is 17.4. The molecule has 0 aromatic carbocycles. The molecule has 7 nitrogen and oxygen atoms in total. The number of nitrogens with one attached hydrogen (secondary N) is 3. The molecule has 0 aliphatic carbocycles. The topological polar surface area (TPSA) is 96.5 Å². The van der Waals surface area contributed by atoms with Crippen LogP contribution >= 0.6 is 0 Å². The summed E-state index contributed by atoms with van der Waals surface area (Å²) in [6.45, 7) is 4.60. The van der Waals surface area contributed by atoms with Gasteiger partial charge >= 0.3 is 18.2 Å². The Kier molecular flexibility index (Phi) is 7.68. The van der Waals surface area contributed by atoms with Gasteiger partial charge in [0.1, 0.15) is 5.60 Å². The number of halogens is 3. The second kappa shape index (κ2) is 8.44. The van der Waals surface area contributed by atoms with Crippen molar-refractivity contribution in [3.8, 4) is 0 Å². The molecule has 128 valence electrons. The van der Waals surface area contributed by atoms with E-state index in [0.29, 0.717) is 0 Å². The largest absolute Gasteiger partial charge is 0.471 e. The van der Waals surface area contributed by atoms with Gasteiger partial charge < -0.3 is 20.7 Å². The van der Waals surface area contributed by atoms with Crippen molar-refractivity contribution >= 4 is 17.9 Å². The number of hydrogen-bond acceptors (Lipinski definition) is 4. The van der Waals surface area contributed by atoms with Gasteiger partial charge in [-0.15, -0.1) is 0 Å². The van der Waals surface area contributed by atoms with Crippen molar-refractivity contribution in [1.82, 2.24) is 16.0 Å². The third kappa shape index (κ3) is 10.7. The van der Waals surface area contributed by atoms with Crippen molar-refractivity contribution in [2.75, 3.05) is 19.6 Å². The van der Waals surface area contributed by atoms with E-state index in [9.17, 15) is 27.6 Å². The van der Waals surface area contributed by atoms with Gasteiger partial charge in [0.2, 0.25) is 5.91 Å². The Morgan fingerprint density at radius 2 is 1.45 bits per heavy atom. The molecule has 22 heavy (non-hydrogen) atoms. The van der Waals surface area contributed by atoms with Crippen molar-refractivity contribution in [3.63, 3.8) is 0 Å². The molecule has 3 amide bonds. The molecule has 0 saturated carbocycles. The third-order valence-corrected chi connectivity index (χ3v) is 2.01. The molecule has 0 aliphatic rings. The lowest BCUT2D eigenvalue weighted by atomic mass is 10.2. The minimum atomic E-state index is -4.94. The predicted molar refractivity (Wildman–Crippen MR) is 70.9 cm³/mol. The molecule has 3 N–H and O–H groups in total. The summed E-state index contributed by atoms with van der Waals surface area (Å²) in [5.41, 5.74) is -0.650. The molecule has 0 aromatic heterocycles. The molecule has 0 spiro atoms. The summed E-state index contributed by atoms with van der Waals surface area (Å²) < 4.78 is 40.5. The highest BCUT2D eigenvalue weighted by molar-refractivity contribution is 5.81. The molecule has 10 heteroatoms. The monoisotopic (exact) mass is 327 g/mol. The van der Waals surface area contributed by atoms with E-state index in [0.717, 1.165) is 0 Å². The molecule has 0 bridgehead atoms. The quantitative estimate of drug-likeness (QED) is 0.626. The first-order chi connectivity index (χ1) is 9.92. The van der Waals surface area contributed by atoms with E-state index in [1.165, 1.54) is 0 Å². The summed E-state index contributed by atoms with van der Waals surface area (Å²) in [7, 11) is 0. The van der Waals surface area contributed by atoms with Gasteiger partial charge in [0, 0.05) is 26.1 Å². The number of amides is 3. The predicted octanol–water partition coefficient (Wildman–Crippen LogP) is 0.696. The third-order valence-electron chi connectivity index (χ3n) is 2.01. The lowest BCUT2D eigenvalue weighted by molar-refractivity contribution is -0.173. The van der Waals surface area contributed by atoms with Gasteiger partial charge in [-0.1, -0.05) is 0 Å². The number of carbonyl (C=O) groups excluding carboxylic acids is 3. The van der Waals surface area contributed by atoms with Crippen LogP contribution in [0.15, 0.2) is 0 Å². The zero-order valence-corrected chi connectivity index (χ0v) is 12.6. The number of hydrogen-bond donors (Lipinski definition) is 3. The Balaban J connectivity index is 3.71. The van der Waals surface area contributed by atoms with Crippen molar-refractivity contribution in [2.24, 2.45) is 0 Å². The van der Waals surface area contributed by atoms with E-state index in [1.54, 1.807) is 26.1 Å². The average molecular weight is 327 g/mol. The van der Waals surface area contributed by atoms with Gasteiger partial charge in [0.15, 0.2) is 0 Å². The van der Waals surface area contributed by atoms with E-state index in [-0.39, 0.29) is 26.1 Å². The minimum Gasteiger partial charge on any atom is -0.444 e. The Morgan fingerprint density at radius 3 is 1.95 bits per heavy atom. The number of carbonyl (C=O) groups is 3. The van der Waals surface area contributed by atoms with Crippen LogP contribution in [-0.2, 0) is 14.3 Å². The Bertz CT molecular complexity index is 405. The standard InChI is InChI=1S/C12H20F3N3O4/c1-11(2,3)22-10(21)18-5-4-8(19)16-6-7-17-9(20)12(13,14)15/h4-7H2,1-3H3,(H,16,19)(H,17,20)(H,18,21). The normalized spacial score (nSPS) is 11.5. The maximum absolute atomic E-state index is 11.8. The highest BCUT2D eigenvalue weighted by atomic mass is 19.4. The summed E-state index contributed by atoms with van der Waals surface area (Å²) in [5.74, 6) is -2.54. The van der Waals surface area contributed by atoms with E-state index < -0.39 is 29.7 Å². The van der Waals surface area contributed by atoms with E-state index >= 15 is 0 Å². The number of alkyl carbamates (subject to hydrolysis) is 1. The van der Waals surface area contributed by atoms with Crippen LogP contribution in [0.4, 0.5) is 18.0 Å².